The summed E-state index contributed by atoms with van der Waals surface area (Å²) >= 11 is 0. The third-order valence-corrected chi connectivity index (χ3v) is 5.93. The van der Waals surface area contributed by atoms with Crippen molar-refractivity contribution in [3.8, 4) is 5.75 Å². The Kier molecular flexibility index (Phi) is 6.68. The van der Waals surface area contributed by atoms with Gasteiger partial charge in [-0.2, -0.15) is 0 Å². The van der Waals surface area contributed by atoms with Crippen LogP contribution in [0.5, 0.6) is 5.75 Å². The summed E-state index contributed by atoms with van der Waals surface area (Å²) in [6.07, 6.45) is 5.48. The molecule has 5 heteroatoms. The maximum atomic E-state index is 13.4. The van der Waals surface area contributed by atoms with E-state index in [4.69, 9.17) is 4.74 Å². The van der Waals surface area contributed by atoms with E-state index in [1.807, 2.05) is 12.1 Å². The summed E-state index contributed by atoms with van der Waals surface area (Å²) in [5, 5.41) is 3.08. The van der Waals surface area contributed by atoms with Gasteiger partial charge in [0.1, 0.15) is 11.6 Å². The SMILES string of the molecule is COc1ccc(C(C)=O)cc1CC(=O)NCC1(c2ccc(F)cc2)CCCCC1. The van der Waals surface area contributed by atoms with Crippen molar-refractivity contribution in [2.45, 2.75) is 50.9 Å². The van der Waals surface area contributed by atoms with Crippen molar-refractivity contribution < 1.29 is 18.7 Å². The number of carbonyl (C=O) groups is 2. The zero-order valence-electron chi connectivity index (χ0n) is 17.1. The second-order valence-corrected chi connectivity index (χ2v) is 7.88. The number of Topliss-reactive ketones (excluding diaryl/α,β-unsaturated/α-hetero) is 1. The number of methoxy groups -OCH3 is 1. The largest absolute Gasteiger partial charge is 0.496 e. The van der Waals surface area contributed by atoms with Gasteiger partial charge in [-0.1, -0.05) is 31.4 Å². The zero-order chi connectivity index (χ0) is 20.9. The predicted molar refractivity (Wildman–Crippen MR) is 111 cm³/mol. The van der Waals surface area contributed by atoms with E-state index in [1.54, 1.807) is 25.3 Å². The molecule has 0 aromatic heterocycles. The molecular formula is C24H28FNO3. The van der Waals surface area contributed by atoms with Crippen molar-refractivity contribution in [3.05, 3.63) is 65.0 Å². The molecule has 0 heterocycles. The van der Waals surface area contributed by atoms with Gasteiger partial charge >= 0.3 is 0 Å². The molecular weight excluding hydrogens is 369 g/mol. The van der Waals surface area contributed by atoms with Crippen molar-refractivity contribution in [2.75, 3.05) is 13.7 Å². The molecule has 0 bridgehead atoms. The fourth-order valence-electron chi connectivity index (χ4n) is 4.24. The van der Waals surface area contributed by atoms with Crippen LogP contribution in [0.4, 0.5) is 4.39 Å². The fourth-order valence-corrected chi connectivity index (χ4v) is 4.24. The van der Waals surface area contributed by atoms with Crippen LogP contribution in [0, 0.1) is 5.82 Å². The van der Waals surface area contributed by atoms with Gasteiger partial charge in [-0.25, -0.2) is 4.39 Å². The predicted octanol–water partition coefficient (Wildman–Crippen LogP) is 4.60. The van der Waals surface area contributed by atoms with Gasteiger partial charge in [-0.15, -0.1) is 0 Å². The van der Waals surface area contributed by atoms with E-state index in [9.17, 15) is 14.0 Å². The van der Waals surface area contributed by atoms with Crippen LogP contribution in [-0.2, 0) is 16.6 Å². The van der Waals surface area contributed by atoms with E-state index in [0.717, 1.165) is 31.2 Å². The van der Waals surface area contributed by atoms with Crippen LogP contribution in [0.3, 0.4) is 0 Å². The number of rotatable bonds is 7. The normalized spacial score (nSPS) is 15.6. The van der Waals surface area contributed by atoms with Gasteiger partial charge in [0.2, 0.25) is 5.91 Å². The summed E-state index contributed by atoms with van der Waals surface area (Å²) in [6, 6.07) is 11.8. The summed E-state index contributed by atoms with van der Waals surface area (Å²) in [4.78, 5) is 24.4. The molecule has 4 nitrogen and oxygen atoms in total. The smallest absolute Gasteiger partial charge is 0.224 e. The van der Waals surface area contributed by atoms with Crippen molar-refractivity contribution in [3.63, 3.8) is 0 Å². The Balaban J connectivity index is 1.73. The van der Waals surface area contributed by atoms with Crippen molar-refractivity contribution >= 4 is 11.7 Å². The molecule has 0 aliphatic heterocycles. The van der Waals surface area contributed by atoms with E-state index in [-0.39, 0.29) is 29.3 Å². The van der Waals surface area contributed by atoms with Crippen LogP contribution in [0.2, 0.25) is 0 Å². The number of nitrogens with one attached hydrogen (secondary N) is 1. The molecule has 0 saturated heterocycles. The Morgan fingerprint density at radius 1 is 1.07 bits per heavy atom. The molecule has 2 aromatic carbocycles. The van der Waals surface area contributed by atoms with E-state index in [0.29, 0.717) is 23.4 Å². The molecule has 1 saturated carbocycles. The highest BCUT2D eigenvalue weighted by Crippen LogP contribution is 2.39. The lowest BCUT2D eigenvalue weighted by atomic mass is 9.69. The Hall–Kier alpha value is -2.69. The molecule has 1 amide bonds. The summed E-state index contributed by atoms with van der Waals surface area (Å²) in [6.45, 7) is 2.02. The minimum atomic E-state index is -0.249. The molecule has 2 aromatic rings. The molecule has 0 spiro atoms. The Morgan fingerprint density at radius 2 is 1.76 bits per heavy atom. The lowest BCUT2D eigenvalue weighted by molar-refractivity contribution is -0.120. The first-order valence-corrected chi connectivity index (χ1v) is 10.1. The van der Waals surface area contributed by atoms with Crippen molar-refractivity contribution in [1.29, 1.82) is 0 Å². The first-order chi connectivity index (χ1) is 13.9. The number of amides is 1. The third-order valence-electron chi connectivity index (χ3n) is 5.93. The minimum absolute atomic E-state index is 0.0493. The molecule has 3 rings (SSSR count). The molecule has 0 atom stereocenters. The number of hydrogen-bond acceptors (Lipinski definition) is 3. The highest BCUT2D eigenvalue weighted by atomic mass is 19.1. The third kappa shape index (κ3) is 5.03. The number of halogens is 1. The van der Waals surface area contributed by atoms with E-state index >= 15 is 0 Å². The van der Waals surface area contributed by atoms with E-state index in [2.05, 4.69) is 5.32 Å². The topological polar surface area (TPSA) is 55.4 Å². The summed E-state index contributed by atoms with van der Waals surface area (Å²) < 4.78 is 18.7. The molecule has 154 valence electrons. The zero-order valence-corrected chi connectivity index (χ0v) is 17.1. The Bertz CT molecular complexity index is 870. The van der Waals surface area contributed by atoms with E-state index < -0.39 is 0 Å². The van der Waals surface area contributed by atoms with Crippen LogP contribution in [0.15, 0.2) is 42.5 Å². The second-order valence-electron chi connectivity index (χ2n) is 7.88. The fraction of sp³-hybridized carbons (Fsp3) is 0.417. The maximum absolute atomic E-state index is 13.4. The minimum Gasteiger partial charge on any atom is -0.496 e. The van der Waals surface area contributed by atoms with Gasteiger partial charge in [-0.3, -0.25) is 9.59 Å². The van der Waals surface area contributed by atoms with Crippen LogP contribution in [-0.4, -0.2) is 25.3 Å². The standard InChI is InChI=1S/C24H28FNO3/c1-17(27)18-6-11-22(29-2)19(14-18)15-23(28)26-16-24(12-4-3-5-13-24)20-7-9-21(25)10-8-20/h6-11,14H,3-5,12-13,15-16H2,1-2H3,(H,26,28). The number of ether oxygens (including phenoxy) is 1. The van der Waals surface area contributed by atoms with Crippen LogP contribution < -0.4 is 10.1 Å². The molecule has 0 radical (unpaired) electrons. The van der Waals surface area contributed by atoms with Crippen LogP contribution in [0.25, 0.3) is 0 Å². The first-order valence-electron chi connectivity index (χ1n) is 10.1. The maximum Gasteiger partial charge on any atom is 0.224 e. The van der Waals surface area contributed by atoms with Gasteiger partial charge in [-0.05, 0) is 55.7 Å². The van der Waals surface area contributed by atoms with E-state index in [1.165, 1.54) is 25.5 Å². The van der Waals surface area contributed by atoms with Gasteiger partial charge < -0.3 is 10.1 Å². The van der Waals surface area contributed by atoms with Gasteiger partial charge in [0.15, 0.2) is 5.78 Å². The van der Waals surface area contributed by atoms with Gasteiger partial charge in [0.05, 0.1) is 13.5 Å². The van der Waals surface area contributed by atoms with Crippen LogP contribution in [0.1, 0.15) is 60.5 Å². The molecule has 1 fully saturated rings. The number of hydrogen-bond donors (Lipinski definition) is 1. The highest BCUT2D eigenvalue weighted by Gasteiger charge is 2.34. The highest BCUT2D eigenvalue weighted by molar-refractivity contribution is 5.94. The molecule has 1 aliphatic rings. The van der Waals surface area contributed by atoms with Crippen molar-refractivity contribution in [2.24, 2.45) is 0 Å². The second kappa shape index (κ2) is 9.21. The average molecular weight is 397 g/mol. The molecule has 1 N–H and O–H groups in total. The molecule has 1 aliphatic carbocycles. The Labute approximate surface area is 171 Å². The lowest BCUT2D eigenvalue weighted by Crippen LogP contribution is -2.42. The quantitative estimate of drug-likeness (QED) is 0.695. The molecule has 0 unspecified atom stereocenters. The first kappa shape index (κ1) is 21.0. The summed E-state index contributed by atoms with van der Waals surface area (Å²) in [7, 11) is 1.55. The lowest BCUT2D eigenvalue weighted by Gasteiger charge is -2.38. The monoisotopic (exact) mass is 397 g/mol. The summed E-state index contributed by atoms with van der Waals surface area (Å²) in [5.41, 5.74) is 2.17. The van der Waals surface area contributed by atoms with Gasteiger partial charge in [0, 0.05) is 23.1 Å². The van der Waals surface area contributed by atoms with Crippen molar-refractivity contribution in [1.82, 2.24) is 5.32 Å². The molecule has 29 heavy (non-hydrogen) atoms. The number of ketones is 1. The summed E-state index contributed by atoms with van der Waals surface area (Å²) in [5.74, 6) is 0.181. The Morgan fingerprint density at radius 3 is 2.38 bits per heavy atom. The number of carbonyl (C=O) groups excluding carboxylic acids is 2. The van der Waals surface area contributed by atoms with Crippen LogP contribution >= 0.6 is 0 Å². The number of benzene rings is 2. The average Bonchev–Trinajstić information content (AvgIpc) is 2.73. The van der Waals surface area contributed by atoms with Gasteiger partial charge in [0.25, 0.3) is 0 Å².